The maximum atomic E-state index is 11.4. The molecule has 0 aliphatic rings. The van der Waals surface area contributed by atoms with E-state index in [4.69, 9.17) is 10.2 Å². The number of hydrogen-bond donors (Lipinski definition) is 3. The van der Waals surface area contributed by atoms with Gasteiger partial charge in [0.25, 0.3) is 5.91 Å². The fraction of sp³-hybridized carbons (Fsp3) is 0.375. The second kappa shape index (κ2) is 4.56. The summed E-state index contributed by atoms with van der Waals surface area (Å²) in [4.78, 5) is 21.9. The number of aromatic nitrogens is 1. The van der Waals surface area contributed by atoms with E-state index in [0.29, 0.717) is 0 Å². The minimum absolute atomic E-state index is 0.148. The molecule has 7 heteroatoms. The van der Waals surface area contributed by atoms with Crippen molar-refractivity contribution in [3.63, 3.8) is 0 Å². The van der Waals surface area contributed by atoms with Gasteiger partial charge in [-0.1, -0.05) is 5.16 Å². The van der Waals surface area contributed by atoms with Crippen molar-refractivity contribution in [3.05, 3.63) is 17.5 Å². The molecule has 0 bridgehead atoms. The van der Waals surface area contributed by atoms with Crippen LogP contribution in [0.5, 0.6) is 0 Å². The maximum absolute atomic E-state index is 11.4. The molecule has 82 valence electrons. The van der Waals surface area contributed by atoms with Crippen molar-refractivity contribution < 1.29 is 24.3 Å². The van der Waals surface area contributed by atoms with Crippen molar-refractivity contribution in [3.8, 4) is 0 Å². The van der Waals surface area contributed by atoms with Crippen molar-refractivity contribution in [1.82, 2.24) is 10.5 Å². The summed E-state index contributed by atoms with van der Waals surface area (Å²) in [5.74, 6) is -1.66. The first-order chi connectivity index (χ1) is 7.06. The van der Waals surface area contributed by atoms with Gasteiger partial charge in [0.05, 0.1) is 12.8 Å². The van der Waals surface area contributed by atoms with E-state index in [1.165, 1.54) is 13.1 Å². The van der Waals surface area contributed by atoms with Gasteiger partial charge in [-0.15, -0.1) is 0 Å². The number of aliphatic carboxylic acids is 1. The third kappa shape index (κ3) is 2.53. The number of carboxylic acids is 1. The van der Waals surface area contributed by atoms with Gasteiger partial charge in [-0.05, 0) is 6.92 Å². The summed E-state index contributed by atoms with van der Waals surface area (Å²) in [6.07, 6.45) is 1.18. The number of carboxylic acid groups (broad SMARTS) is 1. The minimum Gasteiger partial charge on any atom is -0.480 e. The molecule has 0 aromatic carbocycles. The zero-order valence-electron chi connectivity index (χ0n) is 7.93. The van der Waals surface area contributed by atoms with Crippen LogP contribution >= 0.6 is 0 Å². The molecule has 1 rings (SSSR count). The quantitative estimate of drug-likeness (QED) is 0.602. The predicted octanol–water partition coefficient (Wildman–Crippen LogP) is -0.842. The number of aliphatic hydroxyl groups is 1. The molecule has 0 saturated carbocycles. The number of aliphatic hydroxyl groups excluding tert-OH is 1. The standard InChI is InChI=1S/C8H10N2O5/c1-4-5(2-9-15-4)7(12)10-6(3-11)8(13)14/h2,6,11H,3H2,1H3,(H,10,12)(H,13,14)/t6-/m0/s1. The third-order valence-electron chi connectivity index (χ3n) is 1.78. The van der Waals surface area contributed by atoms with Crippen LogP contribution in [0.4, 0.5) is 0 Å². The Morgan fingerprint density at radius 1 is 1.67 bits per heavy atom. The summed E-state index contributed by atoms with van der Waals surface area (Å²) in [5.41, 5.74) is 0.148. The number of carbonyl (C=O) groups is 2. The molecule has 0 radical (unpaired) electrons. The molecule has 0 aliphatic heterocycles. The molecule has 1 atom stereocenters. The lowest BCUT2D eigenvalue weighted by Gasteiger charge is -2.10. The number of hydrogen-bond acceptors (Lipinski definition) is 5. The van der Waals surface area contributed by atoms with Crippen LogP contribution in [0.2, 0.25) is 0 Å². The van der Waals surface area contributed by atoms with Gasteiger partial charge in [-0.2, -0.15) is 0 Å². The third-order valence-corrected chi connectivity index (χ3v) is 1.78. The molecule has 7 nitrogen and oxygen atoms in total. The Bertz CT molecular complexity index is 373. The molecular formula is C8H10N2O5. The topological polar surface area (TPSA) is 113 Å². The fourth-order valence-corrected chi connectivity index (χ4v) is 0.938. The Morgan fingerprint density at radius 2 is 2.33 bits per heavy atom. The van der Waals surface area contributed by atoms with Gasteiger partial charge in [0.1, 0.15) is 11.3 Å². The second-order valence-corrected chi connectivity index (χ2v) is 2.84. The van der Waals surface area contributed by atoms with Gasteiger partial charge in [-0.3, -0.25) is 4.79 Å². The van der Waals surface area contributed by atoms with E-state index < -0.39 is 24.5 Å². The molecule has 0 aliphatic carbocycles. The highest BCUT2D eigenvalue weighted by atomic mass is 16.5. The summed E-state index contributed by atoms with van der Waals surface area (Å²) in [6, 6.07) is -1.33. The van der Waals surface area contributed by atoms with Crippen LogP contribution in [0.25, 0.3) is 0 Å². The van der Waals surface area contributed by atoms with Gasteiger partial charge < -0.3 is 20.1 Å². The van der Waals surface area contributed by atoms with Crippen molar-refractivity contribution in [2.75, 3.05) is 6.61 Å². The number of nitrogens with one attached hydrogen (secondary N) is 1. The van der Waals surface area contributed by atoms with Crippen LogP contribution in [0.15, 0.2) is 10.7 Å². The summed E-state index contributed by atoms with van der Waals surface area (Å²) in [6.45, 7) is 0.849. The Hall–Kier alpha value is -1.89. The highest BCUT2D eigenvalue weighted by Gasteiger charge is 2.21. The Kier molecular flexibility index (Phi) is 3.40. The highest BCUT2D eigenvalue weighted by molar-refractivity contribution is 5.97. The first-order valence-corrected chi connectivity index (χ1v) is 4.12. The van der Waals surface area contributed by atoms with Crippen molar-refractivity contribution in [2.45, 2.75) is 13.0 Å². The van der Waals surface area contributed by atoms with Crippen molar-refractivity contribution in [1.29, 1.82) is 0 Å². The molecule has 3 N–H and O–H groups in total. The molecule has 0 fully saturated rings. The van der Waals surface area contributed by atoms with E-state index in [0.717, 1.165) is 0 Å². The summed E-state index contributed by atoms with van der Waals surface area (Å²) < 4.78 is 4.64. The fourth-order valence-electron chi connectivity index (χ4n) is 0.938. The van der Waals surface area contributed by atoms with Gasteiger partial charge in [-0.25, -0.2) is 4.79 Å². The van der Waals surface area contributed by atoms with E-state index in [-0.39, 0.29) is 11.3 Å². The second-order valence-electron chi connectivity index (χ2n) is 2.84. The van der Waals surface area contributed by atoms with Crippen molar-refractivity contribution >= 4 is 11.9 Å². The summed E-state index contributed by atoms with van der Waals surface area (Å²) >= 11 is 0. The van der Waals surface area contributed by atoms with Gasteiger partial charge >= 0.3 is 5.97 Å². The van der Waals surface area contributed by atoms with Crippen LogP contribution < -0.4 is 5.32 Å². The molecule has 15 heavy (non-hydrogen) atoms. The molecular weight excluding hydrogens is 204 g/mol. The highest BCUT2D eigenvalue weighted by Crippen LogP contribution is 2.05. The lowest BCUT2D eigenvalue weighted by atomic mass is 10.2. The normalized spacial score (nSPS) is 12.1. The Morgan fingerprint density at radius 3 is 2.73 bits per heavy atom. The van der Waals surface area contributed by atoms with Gasteiger partial charge in [0.15, 0.2) is 6.04 Å². The van der Waals surface area contributed by atoms with E-state index in [2.05, 4.69) is 15.0 Å². The monoisotopic (exact) mass is 214 g/mol. The van der Waals surface area contributed by atoms with Crippen molar-refractivity contribution in [2.24, 2.45) is 0 Å². The predicted molar refractivity (Wildman–Crippen MR) is 47.2 cm³/mol. The molecule has 1 aromatic heterocycles. The van der Waals surface area contributed by atoms with Crippen LogP contribution in [-0.2, 0) is 4.79 Å². The molecule has 1 aromatic rings. The van der Waals surface area contributed by atoms with Gasteiger partial charge in [0.2, 0.25) is 0 Å². The lowest BCUT2D eigenvalue weighted by Crippen LogP contribution is -2.43. The minimum atomic E-state index is -1.33. The number of amides is 1. The number of nitrogens with zero attached hydrogens (tertiary/aromatic N) is 1. The van der Waals surface area contributed by atoms with E-state index >= 15 is 0 Å². The SMILES string of the molecule is Cc1oncc1C(=O)N[C@@H](CO)C(=O)O. The molecule has 0 spiro atoms. The number of carbonyl (C=O) groups excluding carboxylic acids is 1. The number of aryl methyl sites for hydroxylation is 1. The Balaban J connectivity index is 2.71. The van der Waals surface area contributed by atoms with Crippen LogP contribution in [0, 0.1) is 6.92 Å². The van der Waals surface area contributed by atoms with Crippen LogP contribution in [0.3, 0.4) is 0 Å². The first kappa shape index (κ1) is 11.2. The first-order valence-electron chi connectivity index (χ1n) is 4.12. The maximum Gasteiger partial charge on any atom is 0.328 e. The summed E-state index contributed by atoms with van der Waals surface area (Å²) in [7, 11) is 0. The van der Waals surface area contributed by atoms with Crippen LogP contribution in [0.1, 0.15) is 16.1 Å². The molecule has 0 unspecified atom stereocenters. The zero-order valence-corrected chi connectivity index (χ0v) is 7.93. The lowest BCUT2D eigenvalue weighted by molar-refractivity contribution is -0.140. The van der Waals surface area contributed by atoms with E-state index in [9.17, 15) is 9.59 Å². The molecule has 1 heterocycles. The zero-order chi connectivity index (χ0) is 11.4. The molecule has 1 amide bonds. The van der Waals surface area contributed by atoms with E-state index in [1.54, 1.807) is 0 Å². The largest absolute Gasteiger partial charge is 0.480 e. The summed E-state index contributed by atoms with van der Waals surface area (Å²) in [5, 5.41) is 22.7. The average Bonchev–Trinajstić information content (AvgIpc) is 2.60. The van der Waals surface area contributed by atoms with Gasteiger partial charge in [0, 0.05) is 0 Å². The number of rotatable bonds is 4. The average molecular weight is 214 g/mol. The van der Waals surface area contributed by atoms with Crippen LogP contribution in [-0.4, -0.2) is 39.9 Å². The van der Waals surface area contributed by atoms with E-state index in [1.807, 2.05) is 0 Å². The smallest absolute Gasteiger partial charge is 0.328 e. The Labute approximate surface area is 84.7 Å². The molecule has 0 saturated heterocycles.